The summed E-state index contributed by atoms with van der Waals surface area (Å²) in [5, 5.41) is 5.68. The molecule has 1 aromatic carbocycles. The first-order chi connectivity index (χ1) is 8.27. The van der Waals surface area contributed by atoms with E-state index in [9.17, 15) is 0 Å². The van der Waals surface area contributed by atoms with E-state index in [0.717, 1.165) is 19.5 Å². The second kappa shape index (κ2) is 5.99. The first kappa shape index (κ1) is 12.3. The predicted molar refractivity (Wildman–Crippen MR) is 75.6 cm³/mol. The van der Waals surface area contributed by atoms with Gasteiger partial charge in [0.05, 0.1) is 0 Å². The Balaban J connectivity index is 1.77. The van der Waals surface area contributed by atoms with Crippen LogP contribution in [0.1, 0.15) is 21.6 Å². The minimum absolute atomic E-state index is 0.995. The summed E-state index contributed by atoms with van der Waals surface area (Å²) in [7, 11) is 0. The van der Waals surface area contributed by atoms with Crippen LogP contribution in [-0.4, -0.2) is 6.54 Å². The standard InChI is InChI=1S/C15H19NS/c1-12-5-3-4-6-14(12)7-9-16-11-15-13(2)8-10-17-15/h3-6,8,10,16H,7,9,11H2,1-2H3. The minimum atomic E-state index is 0.995. The Hall–Kier alpha value is -1.12. The molecule has 1 aromatic heterocycles. The van der Waals surface area contributed by atoms with Gasteiger partial charge in [-0.05, 0) is 54.9 Å². The van der Waals surface area contributed by atoms with Gasteiger partial charge < -0.3 is 5.32 Å². The molecule has 0 fully saturated rings. The quantitative estimate of drug-likeness (QED) is 0.792. The van der Waals surface area contributed by atoms with Crippen molar-refractivity contribution in [2.45, 2.75) is 26.8 Å². The SMILES string of the molecule is Cc1ccccc1CCNCc1sccc1C. The Morgan fingerprint density at radius 1 is 1.06 bits per heavy atom. The van der Waals surface area contributed by atoms with Crippen LogP contribution in [0.4, 0.5) is 0 Å². The van der Waals surface area contributed by atoms with Crippen molar-refractivity contribution in [1.82, 2.24) is 5.32 Å². The summed E-state index contributed by atoms with van der Waals surface area (Å²) in [4.78, 5) is 1.45. The monoisotopic (exact) mass is 245 g/mol. The highest BCUT2D eigenvalue weighted by atomic mass is 32.1. The third-order valence-corrected chi connectivity index (χ3v) is 4.11. The highest BCUT2D eigenvalue weighted by molar-refractivity contribution is 7.10. The van der Waals surface area contributed by atoms with Crippen molar-refractivity contribution >= 4 is 11.3 Å². The second-order valence-corrected chi connectivity index (χ2v) is 5.38. The number of aryl methyl sites for hydroxylation is 2. The molecular formula is C15H19NS. The molecule has 90 valence electrons. The zero-order valence-corrected chi connectivity index (χ0v) is 11.3. The van der Waals surface area contributed by atoms with E-state index in [0.29, 0.717) is 0 Å². The molecule has 17 heavy (non-hydrogen) atoms. The van der Waals surface area contributed by atoms with Crippen molar-refractivity contribution in [3.63, 3.8) is 0 Å². The highest BCUT2D eigenvalue weighted by Gasteiger charge is 2.00. The summed E-state index contributed by atoms with van der Waals surface area (Å²) in [5.74, 6) is 0. The molecule has 2 aromatic rings. The third kappa shape index (κ3) is 3.42. The van der Waals surface area contributed by atoms with Crippen LogP contribution < -0.4 is 5.32 Å². The van der Waals surface area contributed by atoms with Crippen LogP contribution in [0.5, 0.6) is 0 Å². The van der Waals surface area contributed by atoms with Crippen LogP contribution in [0, 0.1) is 13.8 Å². The first-order valence-electron chi connectivity index (χ1n) is 6.05. The highest BCUT2D eigenvalue weighted by Crippen LogP contribution is 2.14. The number of hydrogen-bond donors (Lipinski definition) is 1. The van der Waals surface area contributed by atoms with Crippen molar-refractivity contribution < 1.29 is 0 Å². The maximum absolute atomic E-state index is 3.51. The Labute approximate surface area is 108 Å². The van der Waals surface area contributed by atoms with Crippen molar-refractivity contribution in [3.8, 4) is 0 Å². The summed E-state index contributed by atoms with van der Waals surface area (Å²) < 4.78 is 0. The number of benzene rings is 1. The van der Waals surface area contributed by atoms with Crippen LogP contribution >= 0.6 is 11.3 Å². The summed E-state index contributed by atoms with van der Waals surface area (Å²) in [6.07, 6.45) is 1.11. The summed E-state index contributed by atoms with van der Waals surface area (Å²) in [6, 6.07) is 10.8. The van der Waals surface area contributed by atoms with Crippen molar-refractivity contribution in [2.75, 3.05) is 6.54 Å². The minimum Gasteiger partial charge on any atom is -0.312 e. The molecule has 2 rings (SSSR count). The van der Waals surface area contributed by atoms with Gasteiger partial charge in [0.15, 0.2) is 0 Å². The molecule has 1 nitrogen and oxygen atoms in total. The molecule has 0 saturated carbocycles. The molecule has 1 heterocycles. The van der Waals surface area contributed by atoms with Gasteiger partial charge in [-0.15, -0.1) is 11.3 Å². The van der Waals surface area contributed by atoms with E-state index in [1.54, 1.807) is 0 Å². The van der Waals surface area contributed by atoms with E-state index in [2.05, 4.69) is 54.9 Å². The fourth-order valence-corrected chi connectivity index (χ4v) is 2.78. The van der Waals surface area contributed by atoms with Crippen LogP contribution in [0.3, 0.4) is 0 Å². The van der Waals surface area contributed by atoms with E-state index >= 15 is 0 Å². The molecule has 0 aliphatic carbocycles. The zero-order chi connectivity index (χ0) is 12.1. The molecule has 0 atom stereocenters. The van der Waals surface area contributed by atoms with Gasteiger partial charge in [0, 0.05) is 11.4 Å². The molecule has 2 heteroatoms. The maximum Gasteiger partial charge on any atom is 0.0302 e. The van der Waals surface area contributed by atoms with Crippen molar-refractivity contribution in [3.05, 3.63) is 57.3 Å². The average Bonchev–Trinajstić information content (AvgIpc) is 2.73. The average molecular weight is 245 g/mol. The van der Waals surface area contributed by atoms with Gasteiger partial charge in [0.25, 0.3) is 0 Å². The van der Waals surface area contributed by atoms with Crippen LogP contribution in [-0.2, 0) is 13.0 Å². The zero-order valence-electron chi connectivity index (χ0n) is 10.5. The number of thiophene rings is 1. The van der Waals surface area contributed by atoms with Gasteiger partial charge >= 0.3 is 0 Å². The summed E-state index contributed by atoms with van der Waals surface area (Å²) in [6.45, 7) is 6.39. The molecule has 1 N–H and O–H groups in total. The molecule has 0 amide bonds. The van der Waals surface area contributed by atoms with Crippen molar-refractivity contribution in [1.29, 1.82) is 0 Å². The van der Waals surface area contributed by atoms with Gasteiger partial charge in [0.1, 0.15) is 0 Å². The molecule has 0 unspecified atom stereocenters. The van der Waals surface area contributed by atoms with Crippen LogP contribution in [0.25, 0.3) is 0 Å². The van der Waals surface area contributed by atoms with E-state index in [1.165, 1.54) is 21.6 Å². The summed E-state index contributed by atoms with van der Waals surface area (Å²) >= 11 is 1.84. The molecule has 0 aliphatic heterocycles. The lowest BCUT2D eigenvalue weighted by Gasteiger charge is -2.07. The number of nitrogens with one attached hydrogen (secondary N) is 1. The Morgan fingerprint density at radius 2 is 1.88 bits per heavy atom. The lowest BCUT2D eigenvalue weighted by molar-refractivity contribution is 0.690. The lowest BCUT2D eigenvalue weighted by Crippen LogP contribution is -2.16. The van der Waals surface area contributed by atoms with E-state index in [4.69, 9.17) is 0 Å². The van der Waals surface area contributed by atoms with Gasteiger partial charge in [-0.3, -0.25) is 0 Å². The van der Waals surface area contributed by atoms with E-state index in [-0.39, 0.29) is 0 Å². The fraction of sp³-hybridized carbons (Fsp3) is 0.333. The smallest absolute Gasteiger partial charge is 0.0302 e. The van der Waals surface area contributed by atoms with E-state index < -0.39 is 0 Å². The second-order valence-electron chi connectivity index (χ2n) is 4.38. The van der Waals surface area contributed by atoms with Gasteiger partial charge in [-0.2, -0.15) is 0 Å². The normalized spacial score (nSPS) is 10.7. The maximum atomic E-state index is 3.51. The lowest BCUT2D eigenvalue weighted by atomic mass is 10.1. The first-order valence-corrected chi connectivity index (χ1v) is 6.93. The van der Waals surface area contributed by atoms with E-state index in [1.807, 2.05) is 11.3 Å². The Morgan fingerprint density at radius 3 is 2.59 bits per heavy atom. The molecule has 0 radical (unpaired) electrons. The Bertz CT molecular complexity index is 473. The van der Waals surface area contributed by atoms with Gasteiger partial charge in [-0.25, -0.2) is 0 Å². The largest absolute Gasteiger partial charge is 0.312 e. The van der Waals surface area contributed by atoms with Gasteiger partial charge in [-0.1, -0.05) is 24.3 Å². The molecule has 0 aliphatic rings. The number of hydrogen-bond acceptors (Lipinski definition) is 2. The molecule has 0 bridgehead atoms. The summed E-state index contributed by atoms with van der Waals surface area (Å²) in [5.41, 5.74) is 4.24. The molecule has 0 spiro atoms. The third-order valence-electron chi connectivity index (χ3n) is 3.09. The van der Waals surface area contributed by atoms with Crippen LogP contribution in [0.2, 0.25) is 0 Å². The molecule has 0 saturated heterocycles. The van der Waals surface area contributed by atoms with Crippen LogP contribution in [0.15, 0.2) is 35.7 Å². The molecular weight excluding hydrogens is 226 g/mol. The Kier molecular flexibility index (Phi) is 4.35. The topological polar surface area (TPSA) is 12.0 Å². The fourth-order valence-electron chi connectivity index (χ4n) is 1.90. The van der Waals surface area contributed by atoms with Crippen molar-refractivity contribution in [2.24, 2.45) is 0 Å². The van der Waals surface area contributed by atoms with Gasteiger partial charge in [0.2, 0.25) is 0 Å². The number of rotatable bonds is 5. The predicted octanol–water partition coefficient (Wildman–Crippen LogP) is 3.70.